The van der Waals surface area contributed by atoms with Gasteiger partial charge in [0.2, 0.25) is 0 Å². The van der Waals surface area contributed by atoms with Gasteiger partial charge in [0.05, 0.1) is 0 Å². The third-order valence-electron chi connectivity index (χ3n) is 2.57. The fourth-order valence-corrected chi connectivity index (χ4v) is 1.60. The maximum absolute atomic E-state index is 13.3. The minimum absolute atomic E-state index is 0.257. The molecule has 1 unspecified atom stereocenters. The van der Waals surface area contributed by atoms with Gasteiger partial charge < -0.3 is 9.52 Å². The van der Waals surface area contributed by atoms with Crippen molar-refractivity contribution in [3.8, 4) is 11.3 Å². The van der Waals surface area contributed by atoms with E-state index in [0.29, 0.717) is 22.6 Å². The number of hydrogen-bond donors (Lipinski definition) is 1. The van der Waals surface area contributed by atoms with Crippen molar-refractivity contribution in [1.82, 2.24) is 0 Å². The zero-order valence-electron chi connectivity index (χ0n) is 9.20. The van der Waals surface area contributed by atoms with Crippen LogP contribution in [0.4, 0.5) is 4.39 Å². The monoisotopic (exact) mass is 220 g/mol. The predicted octanol–water partition coefficient (Wildman–Crippen LogP) is 3.45. The molecule has 0 amide bonds. The number of hydrogen-bond acceptors (Lipinski definition) is 2. The number of rotatable bonds is 2. The summed E-state index contributed by atoms with van der Waals surface area (Å²) in [4.78, 5) is 0. The van der Waals surface area contributed by atoms with E-state index in [2.05, 4.69) is 0 Å². The molecule has 2 nitrogen and oxygen atoms in total. The summed E-state index contributed by atoms with van der Waals surface area (Å²) in [6, 6.07) is 8.29. The van der Waals surface area contributed by atoms with Gasteiger partial charge in [0, 0.05) is 5.56 Å². The Labute approximate surface area is 93.3 Å². The molecule has 1 N–H and O–H groups in total. The van der Waals surface area contributed by atoms with Gasteiger partial charge in [0.1, 0.15) is 23.4 Å². The summed E-state index contributed by atoms with van der Waals surface area (Å²) in [5.41, 5.74) is 1.26. The van der Waals surface area contributed by atoms with Crippen LogP contribution in [0.25, 0.3) is 11.3 Å². The van der Waals surface area contributed by atoms with Crippen LogP contribution in [0.3, 0.4) is 0 Å². The Morgan fingerprint density at radius 1 is 1.25 bits per heavy atom. The molecule has 3 heteroatoms. The molecule has 0 fully saturated rings. The summed E-state index contributed by atoms with van der Waals surface area (Å²) in [7, 11) is 0. The van der Waals surface area contributed by atoms with Gasteiger partial charge in [-0.15, -0.1) is 0 Å². The van der Waals surface area contributed by atoms with Crippen molar-refractivity contribution in [2.45, 2.75) is 20.0 Å². The van der Waals surface area contributed by atoms with E-state index in [9.17, 15) is 9.50 Å². The van der Waals surface area contributed by atoms with E-state index in [4.69, 9.17) is 4.42 Å². The lowest BCUT2D eigenvalue weighted by Crippen LogP contribution is -1.87. The first-order chi connectivity index (χ1) is 7.59. The lowest BCUT2D eigenvalue weighted by Gasteiger charge is -2.04. The maximum Gasteiger partial charge on any atom is 0.134 e. The number of halogens is 1. The molecule has 2 rings (SSSR count). The van der Waals surface area contributed by atoms with Gasteiger partial charge in [-0.25, -0.2) is 4.39 Å². The highest BCUT2D eigenvalue weighted by molar-refractivity contribution is 5.62. The highest BCUT2D eigenvalue weighted by atomic mass is 19.1. The van der Waals surface area contributed by atoms with Crippen LogP contribution in [0.5, 0.6) is 0 Å². The van der Waals surface area contributed by atoms with Crippen molar-refractivity contribution >= 4 is 0 Å². The third kappa shape index (κ3) is 1.86. The summed E-state index contributed by atoms with van der Waals surface area (Å²) in [5, 5.41) is 9.34. The Morgan fingerprint density at radius 2 is 2.00 bits per heavy atom. The largest absolute Gasteiger partial charge is 0.458 e. The molecule has 0 radical (unpaired) electrons. The Balaban J connectivity index is 2.47. The molecule has 0 aliphatic heterocycles. The van der Waals surface area contributed by atoms with Gasteiger partial charge >= 0.3 is 0 Å². The number of benzene rings is 1. The zero-order valence-corrected chi connectivity index (χ0v) is 9.20. The average molecular weight is 220 g/mol. The van der Waals surface area contributed by atoms with Crippen LogP contribution in [0.2, 0.25) is 0 Å². The van der Waals surface area contributed by atoms with Gasteiger partial charge in [-0.3, -0.25) is 0 Å². The lowest BCUT2D eigenvalue weighted by molar-refractivity contribution is 0.170. The van der Waals surface area contributed by atoms with Gasteiger partial charge in [-0.05, 0) is 37.6 Å². The van der Waals surface area contributed by atoms with Crippen LogP contribution < -0.4 is 0 Å². The van der Waals surface area contributed by atoms with Crippen molar-refractivity contribution in [2.75, 3.05) is 0 Å². The predicted molar refractivity (Wildman–Crippen MR) is 59.5 cm³/mol. The Morgan fingerprint density at radius 3 is 2.62 bits per heavy atom. The zero-order chi connectivity index (χ0) is 11.7. The van der Waals surface area contributed by atoms with Crippen molar-refractivity contribution in [1.29, 1.82) is 0 Å². The first-order valence-corrected chi connectivity index (χ1v) is 5.13. The molecule has 1 atom stereocenters. The smallest absolute Gasteiger partial charge is 0.134 e. The molecule has 0 aliphatic rings. The van der Waals surface area contributed by atoms with E-state index in [0.717, 1.165) is 0 Å². The fraction of sp³-hybridized carbons (Fsp3) is 0.231. The Hall–Kier alpha value is -1.61. The quantitative estimate of drug-likeness (QED) is 0.840. The SMILES string of the molecule is Cc1c(F)cccc1-c1ccc(C(C)O)o1. The van der Waals surface area contributed by atoms with E-state index in [1.54, 1.807) is 38.1 Å². The molecular weight excluding hydrogens is 207 g/mol. The van der Waals surface area contributed by atoms with E-state index in [1.807, 2.05) is 0 Å². The maximum atomic E-state index is 13.3. The first-order valence-electron chi connectivity index (χ1n) is 5.13. The highest BCUT2D eigenvalue weighted by Crippen LogP contribution is 2.28. The molecule has 84 valence electrons. The summed E-state index contributed by atoms with van der Waals surface area (Å²) < 4.78 is 18.8. The molecule has 1 heterocycles. The standard InChI is InChI=1S/C13H13FO2/c1-8-10(4-3-5-11(8)14)13-7-6-12(16-13)9(2)15/h3-7,9,15H,1-2H3. The van der Waals surface area contributed by atoms with Crippen LogP contribution in [0.15, 0.2) is 34.7 Å². The fourth-order valence-electron chi connectivity index (χ4n) is 1.60. The van der Waals surface area contributed by atoms with Crippen LogP contribution >= 0.6 is 0 Å². The van der Waals surface area contributed by atoms with Crippen molar-refractivity contribution < 1.29 is 13.9 Å². The van der Waals surface area contributed by atoms with Gasteiger partial charge in [0.15, 0.2) is 0 Å². The molecule has 1 aromatic heterocycles. The van der Waals surface area contributed by atoms with Crippen LogP contribution in [-0.2, 0) is 0 Å². The Kier molecular flexibility index (Phi) is 2.79. The van der Waals surface area contributed by atoms with Crippen molar-refractivity contribution in [2.24, 2.45) is 0 Å². The second-order valence-electron chi connectivity index (χ2n) is 3.79. The van der Waals surface area contributed by atoms with Crippen LogP contribution in [0, 0.1) is 12.7 Å². The molecule has 1 aromatic carbocycles. The molecular formula is C13H13FO2. The topological polar surface area (TPSA) is 33.4 Å². The van der Waals surface area contributed by atoms with E-state index in [-0.39, 0.29) is 5.82 Å². The number of aliphatic hydroxyl groups excluding tert-OH is 1. The molecule has 0 aliphatic carbocycles. The molecule has 2 aromatic rings. The minimum atomic E-state index is -0.650. The first kappa shape index (κ1) is 10.9. The molecule has 0 saturated carbocycles. The third-order valence-corrected chi connectivity index (χ3v) is 2.57. The average Bonchev–Trinajstić information content (AvgIpc) is 2.71. The second kappa shape index (κ2) is 4.10. The van der Waals surface area contributed by atoms with E-state index in [1.165, 1.54) is 6.07 Å². The molecule has 0 bridgehead atoms. The number of furan rings is 1. The highest BCUT2D eigenvalue weighted by Gasteiger charge is 2.11. The van der Waals surface area contributed by atoms with Crippen molar-refractivity contribution in [3.05, 3.63) is 47.5 Å². The van der Waals surface area contributed by atoms with Gasteiger partial charge in [0.25, 0.3) is 0 Å². The normalized spacial score (nSPS) is 12.8. The minimum Gasteiger partial charge on any atom is -0.458 e. The summed E-state index contributed by atoms with van der Waals surface area (Å²) >= 11 is 0. The van der Waals surface area contributed by atoms with Crippen LogP contribution in [0.1, 0.15) is 24.4 Å². The van der Waals surface area contributed by atoms with Crippen LogP contribution in [-0.4, -0.2) is 5.11 Å². The summed E-state index contributed by atoms with van der Waals surface area (Å²) in [6.45, 7) is 3.33. The second-order valence-corrected chi connectivity index (χ2v) is 3.79. The summed E-state index contributed by atoms with van der Waals surface area (Å²) in [6.07, 6.45) is -0.650. The summed E-state index contributed by atoms with van der Waals surface area (Å²) in [5.74, 6) is 0.805. The molecule has 0 spiro atoms. The molecule has 16 heavy (non-hydrogen) atoms. The van der Waals surface area contributed by atoms with Gasteiger partial charge in [-0.1, -0.05) is 12.1 Å². The van der Waals surface area contributed by atoms with E-state index < -0.39 is 6.10 Å². The van der Waals surface area contributed by atoms with Crippen molar-refractivity contribution in [3.63, 3.8) is 0 Å². The van der Waals surface area contributed by atoms with Gasteiger partial charge in [-0.2, -0.15) is 0 Å². The number of aliphatic hydroxyl groups is 1. The molecule has 0 saturated heterocycles. The Bertz CT molecular complexity index is 500. The lowest BCUT2D eigenvalue weighted by atomic mass is 10.1. The van der Waals surface area contributed by atoms with E-state index >= 15 is 0 Å².